The molecule has 0 bridgehead atoms. The number of carboxylic acids is 1. The van der Waals surface area contributed by atoms with Crippen LogP contribution in [-0.4, -0.2) is 38.4 Å². The zero-order valence-electron chi connectivity index (χ0n) is 8.93. The lowest BCUT2D eigenvalue weighted by atomic mass is 10.1. The van der Waals surface area contributed by atoms with Crippen molar-refractivity contribution in [1.82, 2.24) is 20.7 Å². The van der Waals surface area contributed by atoms with Gasteiger partial charge in [0.1, 0.15) is 6.04 Å². The Kier molecular flexibility index (Phi) is 4.43. The van der Waals surface area contributed by atoms with Gasteiger partial charge in [-0.2, -0.15) is 15.4 Å². The molecule has 7 heteroatoms. The Bertz CT molecular complexity index is 350. The second-order valence-electron chi connectivity index (χ2n) is 3.36. The van der Waals surface area contributed by atoms with Crippen molar-refractivity contribution in [3.63, 3.8) is 0 Å². The molecule has 1 amide bonds. The second kappa shape index (κ2) is 5.84. The van der Waals surface area contributed by atoms with E-state index in [4.69, 9.17) is 5.11 Å². The monoisotopic (exact) mass is 226 g/mol. The summed E-state index contributed by atoms with van der Waals surface area (Å²) in [6.45, 7) is 1.96. The molecule has 1 rings (SSSR count). The Morgan fingerprint density at radius 1 is 1.62 bits per heavy atom. The van der Waals surface area contributed by atoms with Crippen LogP contribution < -0.4 is 5.32 Å². The Morgan fingerprint density at radius 2 is 2.38 bits per heavy atom. The van der Waals surface area contributed by atoms with Gasteiger partial charge in [0, 0.05) is 0 Å². The average molecular weight is 226 g/mol. The van der Waals surface area contributed by atoms with Gasteiger partial charge < -0.3 is 10.4 Å². The minimum atomic E-state index is -1.04. The highest BCUT2D eigenvalue weighted by molar-refractivity contribution is 5.94. The number of aliphatic carboxylic acids is 1. The number of amides is 1. The molecule has 0 saturated carbocycles. The van der Waals surface area contributed by atoms with E-state index >= 15 is 0 Å². The van der Waals surface area contributed by atoms with Crippen molar-refractivity contribution in [2.24, 2.45) is 0 Å². The first-order valence-electron chi connectivity index (χ1n) is 5.04. The molecule has 0 spiro atoms. The number of aromatic amines is 1. The molecule has 16 heavy (non-hydrogen) atoms. The highest BCUT2D eigenvalue weighted by Gasteiger charge is 2.20. The van der Waals surface area contributed by atoms with Crippen molar-refractivity contribution in [2.45, 2.75) is 32.2 Å². The molecular formula is C9H14N4O3. The van der Waals surface area contributed by atoms with Crippen molar-refractivity contribution in [1.29, 1.82) is 0 Å². The van der Waals surface area contributed by atoms with Crippen LogP contribution in [0.2, 0.25) is 0 Å². The maximum atomic E-state index is 11.5. The van der Waals surface area contributed by atoms with Crippen molar-refractivity contribution < 1.29 is 14.7 Å². The summed E-state index contributed by atoms with van der Waals surface area (Å²) in [6.07, 6.45) is 3.28. The molecule has 0 aliphatic carbocycles. The number of unbranched alkanes of at least 4 members (excludes halogenated alkanes) is 1. The van der Waals surface area contributed by atoms with Gasteiger partial charge in [-0.15, -0.1) is 0 Å². The summed E-state index contributed by atoms with van der Waals surface area (Å²) in [4.78, 5) is 22.3. The van der Waals surface area contributed by atoms with Crippen LogP contribution in [0.25, 0.3) is 0 Å². The zero-order valence-corrected chi connectivity index (χ0v) is 8.93. The smallest absolute Gasteiger partial charge is 0.326 e. The molecule has 3 N–H and O–H groups in total. The molecule has 0 aromatic carbocycles. The van der Waals surface area contributed by atoms with E-state index < -0.39 is 17.9 Å². The number of nitrogens with one attached hydrogen (secondary N) is 2. The first-order chi connectivity index (χ1) is 7.65. The van der Waals surface area contributed by atoms with E-state index in [0.717, 1.165) is 12.8 Å². The molecule has 1 unspecified atom stereocenters. The van der Waals surface area contributed by atoms with Crippen LogP contribution in [0, 0.1) is 0 Å². The molecule has 0 fully saturated rings. The molecule has 1 heterocycles. The third kappa shape index (κ3) is 3.34. The quantitative estimate of drug-likeness (QED) is 0.641. The lowest BCUT2D eigenvalue weighted by Crippen LogP contribution is -2.40. The summed E-state index contributed by atoms with van der Waals surface area (Å²) in [5.41, 5.74) is 0.0859. The number of aromatic nitrogens is 3. The highest BCUT2D eigenvalue weighted by atomic mass is 16.4. The van der Waals surface area contributed by atoms with Gasteiger partial charge in [-0.1, -0.05) is 19.8 Å². The van der Waals surface area contributed by atoms with E-state index in [-0.39, 0.29) is 5.69 Å². The largest absolute Gasteiger partial charge is 0.480 e. The topological polar surface area (TPSA) is 108 Å². The van der Waals surface area contributed by atoms with Crippen LogP contribution in [0.5, 0.6) is 0 Å². The maximum Gasteiger partial charge on any atom is 0.326 e. The van der Waals surface area contributed by atoms with Crippen LogP contribution >= 0.6 is 0 Å². The normalized spacial score (nSPS) is 12.1. The fourth-order valence-corrected chi connectivity index (χ4v) is 1.21. The number of nitrogens with zero attached hydrogens (tertiary/aromatic N) is 2. The van der Waals surface area contributed by atoms with E-state index in [9.17, 15) is 9.59 Å². The van der Waals surface area contributed by atoms with Crippen molar-refractivity contribution in [2.75, 3.05) is 0 Å². The number of hydrogen-bond acceptors (Lipinski definition) is 4. The molecule has 0 aliphatic rings. The number of H-pyrrole nitrogens is 1. The van der Waals surface area contributed by atoms with Gasteiger partial charge in [0.25, 0.3) is 5.91 Å². The van der Waals surface area contributed by atoms with Crippen LogP contribution in [0.1, 0.15) is 36.7 Å². The maximum absolute atomic E-state index is 11.5. The molecule has 1 aromatic heterocycles. The lowest BCUT2D eigenvalue weighted by Gasteiger charge is -2.12. The third-order valence-electron chi connectivity index (χ3n) is 2.10. The molecule has 88 valence electrons. The van der Waals surface area contributed by atoms with Gasteiger partial charge in [0.2, 0.25) is 0 Å². The minimum absolute atomic E-state index is 0.0859. The van der Waals surface area contributed by atoms with E-state index in [1.807, 2.05) is 6.92 Å². The number of carboxylic acid groups (broad SMARTS) is 1. The summed E-state index contributed by atoms with van der Waals surface area (Å²) in [5.74, 6) is -1.57. The van der Waals surface area contributed by atoms with Crippen molar-refractivity contribution >= 4 is 11.9 Å². The van der Waals surface area contributed by atoms with Gasteiger partial charge in [0.05, 0.1) is 6.20 Å². The van der Waals surface area contributed by atoms with Crippen molar-refractivity contribution in [3.8, 4) is 0 Å². The first kappa shape index (κ1) is 12.2. The van der Waals surface area contributed by atoms with Gasteiger partial charge in [0.15, 0.2) is 5.69 Å². The molecule has 1 atom stereocenters. The molecule has 0 saturated heterocycles. The van der Waals surface area contributed by atoms with Gasteiger partial charge >= 0.3 is 5.97 Å². The van der Waals surface area contributed by atoms with E-state index in [1.165, 1.54) is 6.20 Å². The fourth-order valence-electron chi connectivity index (χ4n) is 1.21. The molecule has 0 aliphatic heterocycles. The Labute approximate surface area is 92.2 Å². The summed E-state index contributed by atoms with van der Waals surface area (Å²) in [6, 6.07) is -0.871. The SMILES string of the molecule is CCCCC(NC(=O)c1cn[nH]n1)C(=O)O. The standard InChI is InChI=1S/C9H14N4O3/c1-2-3-4-6(9(15)16)11-8(14)7-5-10-13-12-7/h5-6H,2-4H2,1H3,(H,11,14)(H,15,16)(H,10,12,13). The van der Waals surface area contributed by atoms with E-state index in [0.29, 0.717) is 6.42 Å². The second-order valence-corrected chi connectivity index (χ2v) is 3.36. The molecule has 7 nitrogen and oxygen atoms in total. The molecule has 1 aromatic rings. The van der Waals surface area contributed by atoms with Gasteiger partial charge in [-0.05, 0) is 6.42 Å². The predicted molar refractivity (Wildman–Crippen MR) is 54.8 cm³/mol. The summed E-state index contributed by atoms with van der Waals surface area (Å²) in [5, 5.41) is 20.6. The van der Waals surface area contributed by atoms with E-state index in [2.05, 4.69) is 20.7 Å². The zero-order chi connectivity index (χ0) is 12.0. The Balaban J connectivity index is 2.54. The number of rotatable bonds is 6. The number of carbonyl (C=O) groups is 2. The highest BCUT2D eigenvalue weighted by Crippen LogP contribution is 2.02. The third-order valence-corrected chi connectivity index (χ3v) is 2.10. The summed E-state index contributed by atoms with van der Waals surface area (Å²) >= 11 is 0. The van der Waals surface area contributed by atoms with Crippen molar-refractivity contribution in [3.05, 3.63) is 11.9 Å². The number of carbonyl (C=O) groups excluding carboxylic acids is 1. The molecule has 0 radical (unpaired) electrons. The lowest BCUT2D eigenvalue weighted by molar-refractivity contribution is -0.139. The Morgan fingerprint density at radius 3 is 2.88 bits per heavy atom. The van der Waals surface area contributed by atoms with E-state index in [1.54, 1.807) is 0 Å². The van der Waals surface area contributed by atoms with Crippen LogP contribution in [0.3, 0.4) is 0 Å². The van der Waals surface area contributed by atoms with Gasteiger partial charge in [-0.3, -0.25) is 4.79 Å². The average Bonchev–Trinajstić information content (AvgIpc) is 2.76. The van der Waals surface area contributed by atoms with Crippen LogP contribution in [0.15, 0.2) is 6.20 Å². The summed E-state index contributed by atoms with van der Waals surface area (Å²) in [7, 11) is 0. The predicted octanol–water partition coefficient (Wildman–Crippen LogP) is 0.178. The summed E-state index contributed by atoms with van der Waals surface area (Å²) < 4.78 is 0. The first-order valence-corrected chi connectivity index (χ1v) is 5.04. The van der Waals surface area contributed by atoms with Crippen LogP contribution in [-0.2, 0) is 4.79 Å². The van der Waals surface area contributed by atoms with Gasteiger partial charge in [-0.25, -0.2) is 4.79 Å². The number of hydrogen-bond donors (Lipinski definition) is 3. The fraction of sp³-hybridized carbons (Fsp3) is 0.556. The van der Waals surface area contributed by atoms with Crippen LogP contribution in [0.4, 0.5) is 0 Å². The Hall–Kier alpha value is -1.92. The minimum Gasteiger partial charge on any atom is -0.480 e. The molecular weight excluding hydrogens is 212 g/mol.